The maximum atomic E-state index is 12.3. The summed E-state index contributed by atoms with van der Waals surface area (Å²) in [5, 5.41) is 2.53. The molecule has 0 saturated heterocycles. The molecule has 3 nitrogen and oxygen atoms in total. The SMILES string of the molecule is CNC(CCC(F)(F)F)C1CCCC(S(C)(=O)=O)C1. The zero-order chi connectivity index (χ0) is 14.7. The highest BCUT2D eigenvalue weighted by molar-refractivity contribution is 7.91. The average Bonchev–Trinajstić information content (AvgIpc) is 2.27. The number of alkyl halides is 3. The van der Waals surface area contributed by atoms with Crippen LogP contribution >= 0.6 is 0 Å². The van der Waals surface area contributed by atoms with E-state index >= 15 is 0 Å². The van der Waals surface area contributed by atoms with Crippen LogP contribution in [-0.4, -0.2) is 39.2 Å². The molecule has 0 heterocycles. The molecule has 1 N–H and O–H groups in total. The smallest absolute Gasteiger partial charge is 0.317 e. The van der Waals surface area contributed by atoms with E-state index < -0.39 is 27.7 Å². The zero-order valence-electron chi connectivity index (χ0n) is 11.3. The Balaban J connectivity index is 2.61. The first-order valence-corrected chi connectivity index (χ1v) is 8.52. The summed E-state index contributed by atoms with van der Waals surface area (Å²) in [7, 11) is -1.45. The molecule has 0 bridgehead atoms. The second-order valence-electron chi connectivity index (χ2n) is 5.43. The standard InChI is InChI=1S/C12H22F3NO2S/c1-16-11(6-7-12(13,14)15)9-4-3-5-10(8-9)19(2,17)18/h9-11,16H,3-8H2,1-2H3. The molecule has 114 valence electrons. The fourth-order valence-electron chi connectivity index (χ4n) is 2.87. The van der Waals surface area contributed by atoms with Crippen LogP contribution in [0.25, 0.3) is 0 Å². The van der Waals surface area contributed by atoms with E-state index in [1.54, 1.807) is 7.05 Å². The van der Waals surface area contributed by atoms with Gasteiger partial charge in [-0.15, -0.1) is 0 Å². The van der Waals surface area contributed by atoms with Gasteiger partial charge in [-0.05, 0) is 38.6 Å². The molecule has 3 atom stereocenters. The van der Waals surface area contributed by atoms with E-state index in [1.165, 1.54) is 6.26 Å². The Morgan fingerprint density at radius 1 is 1.32 bits per heavy atom. The highest BCUT2D eigenvalue weighted by Crippen LogP contribution is 2.33. The van der Waals surface area contributed by atoms with E-state index in [0.717, 1.165) is 12.8 Å². The molecule has 0 radical (unpaired) electrons. The van der Waals surface area contributed by atoms with Crippen molar-refractivity contribution in [2.24, 2.45) is 5.92 Å². The third-order valence-corrected chi connectivity index (χ3v) is 5.59. The van der Waals surface area contributed by atoms with Gasteiger partial charge in [-0.1, -0.05) is 6.42 Å². The van der Waals surface area contributed by atoms with Gasteiger partial charge in [0.1, 0.15) is 9.84 Å². The summed E-state index contributed by atoms with van der Waals surface area (Å²) in [4.78, 5) is 0. The van der Waals surface area contributed by atoms with E-state index in [1.807, 2.05) is 0 Å². The third kappa shape index (κ3) is 5.69. The minimum atomic E-state index is -4.15. The molecular weight excluding hydrogens is 279 g/mol. The minimum absolute atomic E-state index is 0.0147. The summed E-state index contributed by atoms with van der Waals surface area (Å²) in [5.41, 5.74) is 0. The molecule has 1 rings (SSSR count). The van der Waals surface area contributed by atoms with E-state index in [4.69, 9.17) is 0 Å². The summed E-state index contributed by atoms with van der Waals surface area (Å²) >= 11 is 0. The highest BCUT2D eigenvalue weighted by atomic mass is 32.2. The van der Waals surface area contributed by atoms with Crippen molar-refractivity contribution in [3.8, 4) is 0 Å². The summed E-state index contributed by atoms with van der Waals surface area (Å²) in [6, 6.07) is -0.258. The van der Waals surface area contributed by atoms with Gasteiger partial charge in [-0.2, -0.15) is 13.2 Å². The Labute approximate surface area is 112 Å². The Morgan fingerprint density at radius 2 is 1.95 bits per heavy atom. The summed E-state index contributed by atoms with van der Waals surface area (Å²) in [6.07, 6.45) is -1.07. The molecule has 1 saturated carbocycles. The fourth-order valence-corrected chi connectivity index (χ4v) is 4.06. The lowest BCUT2D eigenvalue weighted by Crippen LogP contribution is -2.40. The van der Waals surface area contributed by atoms with Crippen LogP contribution in [0.5, 0.6) is 0 Å². The van der Waals surface area contributed by atoms with Gasteiger partial charge in [0.2, 0.25) is 0 Å². The largest absolute Gasteiger partial charge is 0.389 e. The molecule has 19 heavy (non-hydrogen) atoms. The van der Waals surface area contributed by atoms with Crippen molar-refractivity contribution in [2.45, 2.75) is 56.0 Å². The van der Waals surface area contributed by atoms with Gasteiger partial charge in [-0.25, -0.2) is 8.42 Å². The molecule has 0 aromatic rings. The number of rotatable bonds is 5. The lowest BCUT2D eigenvalue weighted by molar-refractivity contribution is -0.137. The van der Waals surface area contributed by atoms with Gasteiger partial charge in [0.15, 0.2) is 0 Å². The molecule has 3 unspecified atom stereocenters. The van der Waals surface area contributed by atoms with Crippen LogP contribution < -0.4 is 5.32 Å². The van der Waals surface area contributed by atoms with Crippen LogP contribution in [0, 0.1) is 5.92 Å². The van der Waals surface area contributed by atoms with Crippen molar-refractivity contribution in [2.75, 3.05) is 13.3 Å². The lowest BCUT2D eigenvalue weighted by atomic mass is 9.82. The number of hydrogen-bond donors (Lipinski definition) is 1. The molecule has 1 fully saturated rings. The van der Waals surface area contributed by atoms with Gasteiger partial charge in [0, 0.05) is 18.7 Å². The summed E-state index contributed by atoms with van der Waals surface area (Å²) < 4.78 is 59.9. The Hall–Kier alpha value is -0.300. The predicted molar refractivity (Wildman–Crippen MR) is 68.7 cm³/mol. The quantitative estimate of drug-likeness (QED) is 0.849. The third-order valence-electron chi connectivity index (χ3n) is 3.95. The van der Waals surface area contributed by atoms with Gasteiger partial charge in [0.25, 0.3) is 0 Å². The number of nitrogens with one attached hydrogen (secondary N) is 1. The molecule has 1 aliphatic carbocycles. The maximum Gasteiger partial charge on any atom is 0.389 e. The summed E-state index contributed by atoms with van der Waals surface area (Å²) in [6.45, 7) is 0. The van der Waals surface area contributed by atoms with Crippen LogP contribution in [0.2, 0.25) is 0 Å². The minimum Gasteiger partial charge on any atom is -0.317 e. The number of halogens is 3. The van der Waals surface area contributed by atoms with E-state index in [0.29, 0.717) is 12.8 Å². The molecular formula is C12H22F3NO2S. The van der Waals surface area contributed by atoms with Gasteiger partial charge >= 0.3 is 6.18 Å². The lowest BCUT2D eigenvalue weighted by Gasteiger charge is -2.34. The van der Waals surface area contributed by atoms with Crippen LogP contribution in [0.1, 0.15) is 38.5 Å². The second-order valence-corrected chi connectivity index (χ2v) is 7.75. The van der Waals surface area contributed by atoms with Crippen LogP contribution in [0.4, 0.5) is 13.2 Å². The molecule has 0 aromatic carbocycles. The first-order valence-electron chi connectivity index (χ1n) is 6.56. The fraction of sp³-hybridized carbons (Fsp3) is 1.00. The van der Waals surface area contributed by atoms with Crippen molar-refractivity contribution < 1.29 is 21.6 Å². The predicted octanol–water partition coefficient (Wildman–Crippen LogP) is 2.52. The number of sulfone groups is 1. The van der Waals surface area contributed by atoms with E-state index in [-0.39, 0.29) is 18.4 Å². The van der Waals surface area contributed by atoms with Crippen molar-refractivity contribution in [3.63, 3.8) is 0 Å². The van der Waals surface area contributed by atoms with Crippen molar-refractivity contribution in [1.29, 1.82) is 0 Å². The molecule has 1 aliphatic rings. The van der Waals surface area contributed by atoms with Crippen molar-refractivity contribution in [3.05, 3.63) is 0 Å². The normalized spacial score (nSPS) is 27.2. The first-order chi connectivity index (χ1) is 8.63. The second kappa shape index (κ2) is 6.43. The van der Waals surface area contributed by atoms with Gasteiger partial charge in [-0.3, -0.25) is 0 Å². The molecule has 0 aliphatic heterocycles. The highest BCUT2D eigenvalue weighted by Gasteiger charge is 2.35. The topological polar surface area (TPSA) is 46.2 Å². The Bertz CT molecular complexity index is 381. The van der Waals surface area contributed by atoms with Crippen molar-refractivity contribution in [1.82, 2.24) is 5.32 Å². The van der Waals surface area contributed by atoms with E-state index in [9.17, 15) is 21.6 Å². The first kappa shape index (κ1) is 16.8. The van der Waals surface area contributed by atoms with Crippen LogP contribution in [0.15, 0.2) is 0 Å². The monoisotopic (exact) mass is 301 g/mol. The molecule has 0 spiro atoms. The summed E-state index contributed by atoms with van der Waals surface area (Å²) in [5.74, 6) is 0.0147. The van der Waals surface area contributed by atoms with Gasteiger partial charge in [0.05, 0.1) is 5.25 Å². The average molecular weight is 301 g/mol. The maximum absolute atomic E-state index is 12.3. The molecule has 7 heteroatoms. The van der Waals surface area contributed by atoms with E-state index in [2.05, 4.69) is 5.32 Å². The molecule has 0 aromatic heterocycles. The van der Waals surface area contributed by atoms with Gasteiger partial charge < -0.3 is 5.32 Å². The molecule has 0 amide bonds. The van der Waals surface area contributed by atoms with Crippen LogP contribution in [-0.2, 0) is 9.84 Å². The Kier molecular flexibility index (Phi) is 5.67. The Morgan fingerprint density at radius 3 is 2.42 bits per heavy atom. The van der Waals surface area contributed by atoms with Crippen LogP contribution in [0.3, 0.4) is 0 Å². The number of hydrogen-bond acceptors (Lipinski definition) is 3. The zero-order valence-corrected chi connectivity index (χ0v) is 12.1. The van der Waals surface area contributed by atoms with Crippen molar-refractivity contribution >= 4 is 9.84 Å².